The van der Waals surface area contributed by atoms with E-state index in [9.17, 15) is 9.90 Å². The highest BCUT2D eigenvalue weighted by atomic mass is 16.6. The molecule has 2 aromatic rings. The molecule has 25 heavy (non-hydrogen) atoms. The first kappa shape index (κ1) is 17.1. The lowest BCUT2D eigenvalue weighted by molar-refractivity contribution is 0.0306. The van der Waals surface area contributed by atoms with Crippen LogP contribution < -0.4 is 0 Å². The quantitative estimate of drug-likeness (QED) is 0.909. The van der Waals surface area contributed by atoms with Crippen molar-refractivity contribution in [1.82, 2.24) is 14.5 Å². The average Bonchev–Trinajstić information content (AvgIpc) is 3.13. The number of aromatic nitrogens is 2. The summed E-state index contributed by atoms with van der Waals surface area (Å²) in [5.74, 6) is 1.06. The Morgan fingerprint density at radius 3 is 2.56 bits per heavy atom. The molecule has 132 valence electrons. The van der Waals surface area contributed by atoms with Gasteiger partial charge in [0.2, 0.25) is 0 Å². The minimum absolute atomic E-state index is 0.234. The van der Waals surface area contributed by atoms with Crippen molar-refractivity contribution >= 4 is 11.7 Å². The molecule has 2 heterocycles. The number of phenolic OH excluding ortho intramolecular Hbond substituents is 1. The summed E-state index contributed by atoms with van der Waals surface area (Å²) in [6.45, 7) is 6.58. The lowest BCUT2D eigenvalue weighted by Gasteiger charge is -2.24. The van der Waals surface area contributed by atoms with Gasteiger partial charge in [0.15, 0.2) is 0 Å². The Kier molecular flexibility index (Phi) is 4.29. The fraction of sp³-hybridized carbons (Fsp3) is 0.368. The fourth-order valence-electron chi connectivity index (χ4n) is 2.79. The predicted octanol–water partition coefficient (Wildman–Crippen LogP) is 3.43. The average molecular weight is 341 g/mol. The van der Waals surface area contributed by atoms with Crippen molar-refractivity contribution in [3.05, 3.63) is 42.4 Å². The van der Waals surface area contributed by atoms with Gasteiger partial charge in [0, 0.05) is 24.7 Å². The summed E-state index contributed by atoms with van der Waals surface area (Å²) >= 11 is 0. The second-order valence-electron chi connectivity index (χ2n) is 7.16. The van der Waals surface area contributed by atoms with E-state index in [-0.39, 0.29) is 11.8 Å². The molecule has 0 bridgehead atoms. The first-order valence-electron chi connectivity index (χ1n) is 8.23. The van der Waals surface area contributed by atoms with Crippen molar-refractivity contribution in [3.63, 3.8) is 0 Å². The standard InChI is InChI=1S/C19H23N3O3/c1-19(2,3)25-18(24)22-10-9-14(12-22)17-20-11-16(21(17)4)13-5-7-15(23)8-6-13/h5-9,11,23H,10,12H2,1-4H3. The zero-order valence-corrected chi connectivity index (χ0v) is 15.0. The summed E-state index contributed by atoms with van der Waals surface area (Å²) in [5, 5.41) is 9.43. The van der Waals surface area contributed by atoms with E-state index in [1.165, 1.54) is 0 Å². The number of carbonyl (C=O) groups excluding carboxylic acids is 1. The number of phenols is 1. The van der Waals surface area contributed by atoms with E-state index >= 15 is 0 Å². The van der Waals surface area contributed by atoms with Crippen LogP contribution >= 0.6 is 0 Å². The molecule has 1 aliphatic heterocycles. The molecule has 3 rings (SSSR count). The van der Waals surface area contributed by atoms with Gasteiger partial charge in [-0.1, -0.05) is 6.08 Å². The number of ether oxygens (including phenoxy) is 1. The monoisotopic (exact) mass is 341 g/mol. The van der Waals surface area contributed by atoms with Crippen LogP contribution in [0.15, 0.2) is 36.5 Å². The van der Waals surface area contributed by atoms with Crippen LogP contribution in [-0.2, 0) is 11.8 Å². The summed E-state index contributed by atoms with van der Waals surface area (Å²) in [4.78, 5) is 18.4. The third-order valence-electron chi connectivity index (χ3n) is 4.01. The molecule has 0 atom stereocenters. The molecule has 1 amide bonds. The van der Waals surface area contributed by atoms with Gasteiger partial charge in [0.25, 0.3) is 0 Å². The minimum atomic E-state index is -0.505. The number of nitrogens with zero attached hydrogens (tertiary/aromatic N) is 3. The number of aromatic hydroxyl groups is 1. The molecule has 1 aromatic heterocycles. The molecule has 6 heteroatoms. The Labute approximate surface area is 147 Å². The number of carbonyl (C=O) groups is 1. The Bertz CT molecular complexity index is 813. The lowest BCUT2D eigenvalue weighted by atomic mass is 10.1. The highest BCUT2D eigenvalue weighted by Gasteiger charge is 2.27. The zero-order valence-electron chi connectivity index (χ0n) is 15.0. The Morgan fingerprint density at radius 2 is 1.92 bits per heavy atom. The number of benzene rings is 1. The second-order valence-corrected chi connectivity index (χ2v) is 7.16. The van der Waals surface area contributed by atoms with Crippen molar-refractivity contribution < 1.29 is 14.6 Å². The minimum Gasteiger partial charge on any atom is -0.508 e. The summed E-state index contributed by atoms with van der Waals surface area (Å²) in [7, 11) is 1.95. The van der Waals surface area contributed by atoms with Gasteiger partial charge in [-0.2, -0.15) is 0 Å². The smallest absolute Gasteiger partial charge is 0.410 e. The van der Waals surface area contributed by atoms with Gasteiger partial charge in [-0.05, 0) is 45.0 Å². The molecule has 0 saturated carbocycles. The van der Waals surface area contributed by atoms with Crippen LogP contribution in [0.4, 0.5) is 4.79 Å². The molecule has 0 radical (unpaired) electrons. The molecular formula is C19H23N3O3. The van der Waals surface area contributed by atoms with Crippen LogP contribution in [0.3, 0.4) is 0 Å². The van der Waals surface area contributed by atoms with Crippen LogP contribution in [0.2, 0.25) is 0 Å². The van der Waals surface area contributed by atoms with Gasteiger partial charge in [-0.3, -0.25) is 0 Å². The van der Waals surface area contributed by atoms with E-state index in [0.29, 0.717) is 13.1 Å². The van der Waals surface area contributed by atoms with E-state index in [2.05, 4.69) is 4.98 Å². The van der Waals surface area contributed by atoms with Crippen molar-refractivity contribution in [2.75, 3.05) is 13.1 Å². The van der Waals surface area contributed by atoms with Gasteiger partial charge in [-0.25, -0.2) is 9.78 Å². The first-order chi connectivity index (χ1) is 11.7. The van der Waals surface area contributed by atoms with Crippen LogP contribution in [0.1, 0.15) is 26.6 Å². The molecule has 0 spiro atoms. The van der Waals surface area contributed by atoms with Crippen LogP contribution in [0, 0.1) is 0 Å². The van der Waals surface area contributed by atoms with Crippen LogP contribution in [-0.4, -0.2) is 44.3 Å². The number of imidazole rings is 1. The lowest BCUT2D eigenvalue weighted by Crippen LogP contribution is -2.35. The Balaban J connectivity index is 1.76. The summed E-state index contributed by atoms with van der Waals surface area (Å²) in [6.07, 6.45) is 3.50. The van der Waals surface area contributed by atoms with Crippen molar-refractivity contribution in [3.8, 4) is 17.0 Å². The van der Waals surface area contributed by atoms with E-state index < -0.39 is 5.60 Å². The molecule has 0 unspecified atom stereocenters. The Morgan fingerprint density at radius 1 is 1.24 bits per heavy atom. The third-order valence-corrected chi connectivity index (χ3v) is 4.01. The highest BCUT2D eigenvalue weighted by molar-refractivity contribution is 5.76. The SMILES string of the molecule is Cn1c(-c2ccc(O)cc2)cnc1C1=CCN(C(=O)OC(C)(C)C)C1. The maximum atomic E-state index is 12.2. The summed E-state index contributed by atoms with van der Waals surface area (Å²) in [5.41, 5.74) is 2.42. The largest absolute Gasteiger partial charge is 0.508 e. The number of hydrogen-bond donors (Lipinski definition) is 1. The Hall–Kier alpha value is -2.76. The first-order valence-corrected chi connectivity index (χ1v) is 8.23. The third kappa shape index (κ3) is 3.68. The molecule has 0 fully saturated rings. The molecule has 1 N–H and O–H groups in total. The maximum Gasteiger partial charge on any atom is 0.410 e. The van der Waals surface area contributed by atoms with Crippen LogP contribution in [0.5, 0.6) is 5.75 Å². The normalized spacial score (nSPS) is 14.6. The van der Waals surface area contributed by atoms with Crippen LogP contribution in [0.25, 0.3) is 16.8 Å². The van der Waals surface area contributed by atoms with Gasteiger partial charge in [0.1, 0.15) is 17.2 Å². The molecule has 0 aliphatic carbocycles. The molecule has 6 nitrogen and oxygen atoms in total. The zero-order chi connectivity index (χ0) is 18.2. The summed E-state index contributed by atoms with van der Waals surface area (Å²) < 4.78 is 7.42. The fourth-order valence-corrected chi connectivity index (χ4v) is 2.79. The van der Waals surface area contributed by atoms with E-state index in [0.717, 1.165) is 22.7 Å². The molecular weight excluding hydrogens is 318 g/mol. The number of hydrogen-bond acceptors (Lipinski definition) is 4. The molecule has 1 aliphatic rings. The molecule has 1 aromatic carbocycles. The van der Waals surface area contributed by atoms with Crippen molar-refractivity contribution in [1.29, 1.82) is 0 Å². The predicted molar refractivity (Wildman–Crippen MR) is 96.1 cm³/mol. The van der Waals surface area contributed by atoms with Crippen molar-refractivity contribution in [2.45, 2.75) is 26.4 Å². The number of rotatable bonds is 2. The maximum absolute atomic E-state index is 12.2. The van der Waals surface area contributed by atoms with Gasteiger partial charge in [-0.15, -0.1) is 0 Å². The van der Waals surface area contributed by atoms with Crippen molar-refractivity contribution in [2.24, 2.45) is 7.05 Å². The number of amides is 1. The highest BCUT2D eigenvalue weighted by Crippen LogP contribution is 2.27. The van der Waals surface area contributed by atoms with E-state index in [4.69, 9.17) is 4.74 Å². The second kappa shape index (κ2) is 6.27. The van der Waals surface area contributed by atoms with Gasteiger partial charge < -0.3 is 19.3 Å². The topological polar surface area (TPSA) is 67.6 Å². The summed E-state index contributed by atoms with van der Waals surface area (Å²) in [6, 6.07) is 7.01. The van der Waals surface area contributed by atoms with Gasteiger partial charge in [0.05, 0.1) is 18.4 Å². The van der Waals surface area contributed by atoms with E-state index in [1.54, 1.807) is 23.2 Å². The molecule has 0 saturated heterocycles. The van der Waals surface area contributed by atoms with Gasteiger partial charge >= 0.3 is 6.09 Å². The van der Waals surface area contributed by atoms with E-state index in [1.807, 2.05) is 50.6 Å².